The maximum atomic E-state index is 12.2. The van der Waals surface area contributed by atoms with Crippen LogP contribution in [0.2, 0.25) is 5.02 Å². The molecular formula is C20H21ClN4O. The zero-order valence-corrected chi connectivity index (χ0v) is 15.4. The predicted octanol–water partition coefficient (Wildman–Crippen LogP) is 3.91. The summed E-state index contributed by atoms with van der Waals surface area (Å²) in [6.07, 6.45) is 4.43. The quantitative estimate of drug-likeness (QED) is 0.717. The number of amides is 2. The van der Waals surface area contributed by atoms with Gasteiger partial charge in [0.25, 0.3) is 0 Å². The van der Waals surface area contributed by atoms with Crippen LogP contribution in [-0.2, 0) is 13.0 Å². The SMILES string of the molecule is CN(Cc1ccccc1Cl)C(=O)NCCc1ccc(-n2cccn2)cc1. The topological polar surface area (TPSA) is 50.2 Å². The van der Waals surface area contributed by atoms with E-state index < -0.39 is 0 Å². The lowest BCUT2D eigenvalue weighted by atomic mass is 10.1. The summed E-state index contributed by atoms with van der Waals surface area (Å²) in [7, 11) is 1.76. The minimum absolute atomic E-state index is 0.113. The van der Waals surface area contributed by atoms with E-state index >= 15 is 0 Å². The third-order valence-electron chi connectivity index (χ3n) is 4.11. The maximum Gasteiger partial charge on any atom is 0.317 e. The molecule has 0 saturated carbocycles. The second-order valence-electron chi connectivity index (χ2n) is 6.05. The van der Waals surface area contributed by atoms with Gasteiger partial charge in [-0.15, -0.1) is 0 Å². The van der Waals surface area contributed by atoms with Crippen LogP contribution in [0.5, 0.6) is 0 Å². The summed E-state index contributed by atoms with van der Waals surface area (Å²) in [6, 6.07) is 17.5. The summed E-state index contributed by atoms with van der Waals surface area (Å²) in [6.45, 7) is 1.05. The molecule has 1 heterocycles. The molecule has 1 N–H and O–H groups in total. The number of halogens is 1. The zero-order valence-electron chi connectivity index (χ0n) is 14.6. The van der Waals surface area contributed by atoms with Crippen molar-refractivity contribution in [3.63, 3.8) is 0 Å². The molecule has 26 heavy (non-hydrogen) atoms. The fourth-order valence-electron chi connectivity index (χ4n) is 2.64. The summed E-state index contributed by atoms with van der Waals surface area (Å²) in [5, 5.41) is 7.82. The van der Waals surface area contributed by atoms with Gasteiger partial charge in [-0.25, -0.2) is 9.48 Å². The van der Waals surface area contributed by atoms with Gasteiger partial charge >= 0.3 is 6.03 Å². The molecule has 0 atom stereocenters. The van der Waals surface area contributed by atoms with Crippen LogP contribution in [-0.4, -0.2) is 34.3 Å². The molecule has 2 amide bonds. The monoisotopic (exact) mass is 368 g/mol. The van der Waals surface area contributed by atoms with Gasteiger partial charge in [0.05, 0.1) is 5.69 Å². The second kappa shape index (κ2) is 8.54. The summed E-state index contributed by atoms with van der Waals surface area (Å²) < 4.78 is 1.81. The number of rotatable bonds is 6. The molecule has 0 aliphatic carbocycles. The molecule has 134 valence electrons. The molecular weight excluding hydrogens is 348 g/mol. The lowest BCUT2D eigenvalue weighted by Crippen LogP contribution is -2.37. The van der Waals surface area contributed by atoms with Crippen LogP contribution in [0.1, 0.15) is 11.1 Å². The number of urea groups is 1. The average molecular weight is 369 g/mol. The van der Waals surface area contributed by atoms with E-state index in [1.165, 1.54) is 0 Å². The van der Waals surface area contributed by atoms with Crippen LogP contribution in [0, 0.1) is 0 Å². The highest BCUT2D eigenvalue weighted by Gasteiger charge is 2.10. The molecule has 0 unspecified atom stereocenters. The highest BCUT2D eigenvalue weighted by molar-refractivity contribution is 6.31. The van der Waals surface area contributed by atoms with Crippen LogP contribution in [0.4, 0.5) is 4.79 Å². The van der Waals surface area contributed by atoms with Crippen molar-refractivity contribution in [2.75, 3.05) is 13.6 Å². The van der Waals surface area contributed by atoms with Gasteiger partial charge < -0.3 is 10.2 Å². The predicted molar refractivity (Wildman–Crippen MR) is 104 cm³/mol. The van der Waals surface area contributed by atoms with Crippen LogP contribution >= 0.6 is 11.6 Å². The Hall–Kier alpha value is -2.79. The number of aromatic nitrogens is 2. The van der Waals surface area contributed by atoms with Gasteiger partial charge in [-0.3, -0.25) is 0 Å². The molecule has 3 rings (SSSR count). The van der Waals surface area contributed by atoms with E-state index in [4.69, 9.17) is 11.6 Å². The number of benzene rings is 2. The Morgan fingerprint density at radius 2 is 1.92 bits per heavy atom. The Morgan fingerprint density at radius 1 is 1.15 bits per heavy atom. The third kappa shape index (κ3) is 4.64. The Balaban J connectivity index is 1.46. The van der Waals surface area contributed by atoms with Crippen LogP contribution in [0.25, 0.3) is 5.69 Å². The number of carbonyl (C=O) groups excluding carboxylic acids is 1. The van der Waals surface area contributed by atoms with Gasteiger partial charge in [-0.2, -0.15) is 5.10 Å². The fraction of sp³-hybridized carbons (Fsp3) is 0.200. The fourth-order valence-corrected chi connectivity index (χ4v) is 2.84. The summed E-state index contributed by atoms with van der Waals surface area (Å²) in [4.78, 5) is 13.8. The maximum absolute atomic E-state index is 12.2. The lowest BCUT2D eigenvalue weighted by Gasteiger charge is -2.18. The highest BCUT2D eigenvalue weighted by Crippen LogP contribution is 2.16. The van der Waals surface area contributed by atoms with Gasteiger partial charge in [-0.05, 0) is 41.8 Å². The Labute approximate surface area is 158 Å². The zero-order chi connectivity index (χ0) is 18.4. The first-order valence-electron chi connectivity index (χ1n) is 8.45. The summed E-state index contributed by atoms with van der Waals surface area (Å²) in [5.74, 6) is 0. The smallest absolute Gasteiger partial charge is 0.317 e. The van der Waals surface area contributed by atoms with Crippen molar-refractivity contribution in [1.82, 2.24) is 20.0 Å². The molecule has 0 spiro atoms. The van der Waals surface area contributed by atoms with Gasteiger partial charge in [0.15, 0.2) is 0 Å². The van der Waals surface area contributed by atoms with Crippen molar-refractivity contribution in [2.24, 2.45) is 0 Å². The van der Waals surface area contributed by atoms with Crippen molar-refractivity contribution in [1.29, 1.82) is 0 Å². The first kappa shape index (κ1) is 18.0. The van der Waals surface area contributed by atoms with E-state index in [-0.39, 0.29) is 6.03 Å². The van der Waals surface area contributed by atoms with Crippen molar-refractivity contribution < 1.29 is 4.79 Å². The summed E-state index contributed by atoms with van der Waals surface area (Å²) >= 11 is 6.14. The molecule has 0 fully saturated rings. The molecule has 3 aromatic rings. The van der Waals surface area contributed by atoms with E-state index in [0.717, 1.165) is 23.2 Å². The van der Waals surface area contributed by atoms with E-state index in [2.05, 4.69) is 22.5 Å². The van der Waals surface area contributed by atoms with Gasteiger partial charge in [-0.1, -0.05) is 41.9 Å². The Bertz CT molecular complexity index is 847. The molecule has 0 aliphatic rings. The highest BCUT2D eigenvalue weighted by atomic mass is 35.5. The molecule has 6 heteroatoms. The molecule has 1 aromatic heterocycles. The number of hydrogen-bond donors (Lipinski definition) is 1. The Morgan fingerprint density at radius 3 is 2.62 bits per heavy atom. The van der Waals surface area contributed by atoms with E-state index in [1.807, 2.05) is 53.3 Å². The molecule has 5 nitrogen and oxygen atoms in total. The lowest BCUT2D eigenvalue weighted by molar-refractivity contribution is 0.207. The Kier molecular flexibility index (Phi) is 5.92. The van der Waals surface area contributed by atoms with Crippen molar-refractivity contribution >= 4 is 17.6 Å². The van der Waals surface area contributed by atoms with E-state index in [1.54, 1.807) is 18.1 Å². The number of carbonyl (C=O) groups is 1. The van der Waals surface area contributed by atoms with E-state index in [9.17, 15) is 4.79 Å². The molecule has 0 saturated heterocycles. The van der Waals surface area contributed by atoms with Crippen molar-refractivity contribution in [3.05, 3.63) is 83.1 Å². The molecule has 0 bridgehead atoms. The summed E-state index contributed by atoms with van der Waals surface area (Å²) in [5.41, 5.74) is 3.11. The van der Waals surface area contributed by atoms with Gasteiger partial charge in [0.2, 0.25) is 0 Å². The van der Waals surface area contributed by atoms with Gasteiger partial charge in [0, 0.05) is 37.6 Å². The number of hydrogen-bond acceptors (Lipinski definition) is 2. The third-order valence-corrected chi connectivity index (χ3v) is 4.48. The van der Waals surface area contributed by atoms with Crippen molar-refractivity contribution in [2.45, 2.75) is 13.0 Å². The normalized spacial score (nSPS) is 10.5. The average Bonchev–Trinajstić information content (AvgIpc) is 3.19. The van der Waals surface area contributed by atoms with E-state index in [0.29, 0.717) is 18.1 Å². The first-order valence-corrected chi connectivity index (χ1v) is 8.82. The largest absolute Gasteiger partial charge is 0.338 e. The molecule has 0 radical (unpaired) electrons. The number of nitrogens with one attached hydrogen (secondary N) is 1. The van der Waals surface area contributed by atoms with Crippen LogP contribution in [0.3, 0.4) is 0 Å². The minimum Gasteiger partial charge on any atom is -0.338 e. The molecule has 2 aromatic carbocycles. The van der Waals surface area contributed by atoms with Crippen molar-refractivity contribution in [3.8, 4) is 5.69 Å². The molecule has 0 aliphatic heterocycles. The second-order valence-corrected chi connectivity index (χ2v) is 6.45. The van der Waals surface area contributed by atoms with Gasteiger partial charge in [0.1, 0.15) is 0 Å². The number of nitrogens with zero attached hydrogens (tertiary/aromatic N) is 3. The minimum atomic E-state index is -0.113. The standard InChI is InChI=1S/C20H21ClN4O/c1-24(15-17-5-2-3-6-19(17)21)20(26)22-13-11-16-7-9-18(10-8-16)25-14-4-12-23-25/h2-10,12,14H,11,13,15H2,1H3,(H,22,26). The first-order chi connectivity index (χ1) is 12.6. The van der Waals surface area contributed by atoms with Crippen LogP contribution in [0.15, 0.2) is 67.0 Å². The van der Waals surface area contributed by atoms with Crippen LogP contribution < -0.4 is 5.32 Å².